The Bertz CT molecular complexity index is 480. The number of ether oxygens (including phenoxy) is 1. The minimum atomic E-state index is 0.836. The van der Waals surface area contributed by atoms with Crippen molar-refractivity contribution in [2.24, 2.45) is 0 Å². The van der Waals surface area contributed by atoms with Crippen molar-refractivity contribution in [1.82, 2.24) is 0 Å². The Morgan fingerprint density at radius 1 is 1.19 bits per heavy atom. The van der Waals surface area contributed by atoms with Crippen LogP contribution in [-0.4, -0.2) is 6.61 Å². The molecule has 0 atom stereocenters. The van der Waals surface area contributed by atoms with Gasteiger partial charge in [-0.25, -0.2) is 0 Å². The van der Waals surface area contributed by atoms with Gasteiger partial charge in [-0.1, -0.05) is 35.9 Å². The number of benzene rings is 1. The molecule has 0 fully saturated rings. The predicted molar refractivity (Wildman–Crippen MR) is 67.6 cm³/mol. The van der Waals surface area contributed by atoms with Crippen LogP contribution >= 0.6 is 0 Å². The second-order valence-electron chi connectivity index (χ2n) is 4.59. The fourth-order valence-corrected chi connectivity index (χ4v) is 2.44. The van der Waals surface area contributed by atoms with E-state index < -0.39 is 0 Å². The third-order valence-corrected chi connectivity index (χ3v) is 3.32. The van der Waals surface area contributed by atoms with Crippen LogP contribution in [0.25, 0.3) is 12.2 Å². The van der Waals surface area contributed by atoms with Gasteiger partial charge in [-0.3, -0.25) is 0 Å². The Balaban J connectivity index is 2.20. The molecular formula is C15H16O. The van der Waals surface area contributed by atoms with Crippen LogP contribution in [-0.2, 0) is 6.42 Å². The largest absolute Gasteiger partial charge is 0.492 e. The van der Waals surface area contributed by atoms with Gasteiger partial charge in [-0.05, 0) is 30.9 Å². The van der Waals surface area contributed by atoms with E-state index >= 15 is 0 Å². The molecule has 0 unspecified atom stereocenters. The highest BCUT2D eigenvalue weighted by atomic mass is 16.5. The minimum absolute atomic E-state index is 0.836. The van der Waals surface area contributed by atoms with Gasteiger partial charge >= 0.3 is 0 Å². The SMILES string of the molecule is C/C1=C/c2ccc3c(c2/C=C/CC1)OCC3. The summed E-state index contributed by atoms with van der Waals surface area (Å²) in [7, 11) is 0. The van der Waals surface area contributed by atoms with Crippen molar-refractivity contribution in [3.8, 4) is 5.75 Å². The lowest BCUT2D eigenvalue weighted by molar-refractivity contribution is 0.356. The van der Waals surface area contributed by atoms with Crippen LogP contribution in [0.4, 0.5) is 0 Å². The summed E-state index contributed by atoms with van der Waals surface area (Å²) in [6, 6.07) is 4.43. The second-order valence-corrected chi connectivity index (χ2v) is 4.59. The average Bonchev–Trinajstić information content (AvgIpc) is 2.70. The Morgan fingerprint density at radius 3 is 3.06 bits per heavy atom. The van der Waals surface area contributed by atoms with Gasteiger partial charge in [0.2, 0.25) is 0 Å². The lowest BCUT2D eigenvalue weighted by Crippen LogP contribution is -1.92. The molecule has 1 nitrogen and oxygen atoms in total. The van der Waals surface area contributed by atoms with Crippen molar-refractivity contribution in [2.75, 3.05) is 6.61 Å². The highest BCUT2D eigenvalue weighted by molar-refractivity contribution is 5.73. The summed E-state index contributed by atoms with van der Waals surface area (Å²) in [5.41, 5.74) is 5.38. The molecular weight excluding hydrogens is 196 g/mol. The molecule has 1 aromatic carbocycles. The molecule has 0 saturated heterocycles. The summed E-state index contributed by atoms with van der Waals surface area (Å²) in [6.45, 7) is 3.04. The maximum Gasteiger partial charge on any atom is 0.130 e. The highest BCUT2D eigenvalue weighted by Gasteiger charge is 2.17. The minimum Gasteiger partial charge on any atom is -0.492 e. The van der Waals surface area contributed by atoms with Gasteiger partial charge in [0.25, 0.3) is 0 Å². The first-order valence-corrected chi connectivity index (χ1v) is 5.97. The number of fused-ring (bicyclic) bond motifs is 3. The highest BCUT2D eigenvalue weighted by Crippen LogP contribution is 2.35. The molecule has 2 aliphatic rings. The van der Waals surface area contributed by atoms with Gasteiger partial charge in [0.05, 0.1) is 6.61 Å². The predicted octanol–water partition coefficient (Wildman–Crippen LogP) is 3.83. The van der Waals surface area contributed by atoms with E-state index in [9.17, 15) is 0 Å². The summed E-state index contributed by atoms with van der Waals surface area (Å²) in [5.74, 6) is 1.11. The van der Waals surface area contributed by atoms with Gasteiger partial charge in [-0.15, -0.1) is 0 Å². The number of hydrogen-bond acceptors (Lipinski definition) is 1. The Kier molecular flexibility index (Phi) is 2.32. The zero-order valence-electron chi connectivity index (χ0n) is 9.62. The molecule has 0 N–H and O–H groups in total. The zero-order valence-corrected chi connectivity index (χ0v) is 9.62. The van der Waals surface area contributed by atoms with Crippen LogP contribution < -0.4 is 4.74 Å². The summed E-state index contributed by atoms with van der Waals surface area (Å²) < 4.78 is 5.75. The summed E-state index contributed by atoms with van der Waals surface area (Å²) in [6.07, 6.45) is 10.1. The van der Waals surface area contributed by atoms with Crippen LogP contribution in [0, 0.1) is 0 Å². The first-order valence-electron chi connectivity index (χ1n) is 5.97. The summed E-state index contributed by atoms with van der Waals surface area (Å²) >= 11 is 0. The van der Waals surface area contributed by atoms with Crippen molar-refractivity contribution in [2.45, 2.75) is 26.2 Å². The van der Waals surface area contributed by atoms with E-state index in [4.69, 9.17) is 4.74 Å². The molecule has 0 saturated carbocycles. The number of allylic oxidation sites excluding steroid dienone is 2. The molecule has 1 heteroatoms. The molecule has 1 aromatic rings. The first-order chi connectivity index (χ1) is 7.84. The van der Waals surface area contributed by atoms with Crippen molar-refractivity contribution in [1.29, 1.82) is 0 Å². The van der Waals surface area contributed by atoms with E-state index in [2.05, 4.69) is 37.3 Å². The Hall–Kier alpha value is -1.50. The van der Waals surface area contributed by atoms with Crippen molar-refractivity contribution in [3.05, 3.63) is 40.5 Å². The quantitative estimate of drug-likeness (QED) is 0.635. The molecule has 1 heterocycles. The first kappa shape index (κ1) is 9.71. The standard InChI is InChI=1S/C15H16O/c1-11-4-2-3-5-14-13(10-11)7-6-12-8-9-16-15(12)14/h3,5-7,10H,2,4,8-9H2,1H3/b5-3+,11-10-. The molecule has 0 radical (unpaired) electrons. The third kappa shape index (κ3) is 1.57. The zero-order chi connectivity index (χ0) is 11.0. The second kappa shape index (κ2) is 3.82. The normalized spacial score (nSPS) is 23.2. The van der Waals surface area contributed by atoms with Gasteiger partial charge in [-0.2, -0.15) is 0 Å². The Morgan fingerprint density at radius 2 is 2.12 bits per heavy atom. The molecule has 0 spiro atoms. The number of hydrogen-bond donors (Lipinski definition) is 0. The molecule has 3 rings (SSSR count). The fourth-order valence-electron chi connectivity index (χ4n) is 2.44. The van der Waals surface area contributed by atoms with Gasteiger partial charge in [0.1, 0.15) is 5.75 Å². The van der Waals surface area contributed by atoms with Crippen molar-refractivity contribution < 1.29 is 4.74 Å². The summed E-state index contributed by atoms with van der Waals surface area (Å²) in [5, 5.41) is 0. The third-order valence-electron chi connectivity index (χ3n) is 3.32. The molecule has 16 heavy (non-hydrogen) atoms. The monoisotopic (exact) mass is 212 g/mol. The molecule has 0 aromatic heterocycles. The van der Waals surface area contributed by atoms with E-state index in [1.165, 1.54) is 22.3 Å². The molecule has 1 aliphatic heterocycles. The van der Waals surface area contributed by atoms with Crippen LogP contribution in [0.2, 0.25) is 0 Å². The lowest BCUT2D eigenvalue weighted by Gasteiger charge is -2.11. The van der Waals surface area contributed by atoms with Gasteiger partial charge in [0, 0.05) is 12.0 Å². The number of rotatable bonds is 0. The van der Waals surface area contributed by atoms with Crippen LogP contribution in [0.1, 0.15) is 36.5 Å². The van der Waals surface area contributed by atoms with E-state index in [1.807, 2.05) is 0 Å². The van der Waals surface area contributed by atoms with E-state index in [-0.39, 0.29) is 0 Å². The van der Waals surface area contributed by atoms with Crippen molar-refractivity contribution in [3.63, 3.8) is 0 Å². The molecule has 0 amide bonds. The van der Waals surface area contributed by atoms with Gasteiger partial charge < -0.3 is 4.74 Å². The van der Waals surface area contributed by atoms with E-state index in [0.717, 1.165) is 31.6 Å². The van der Waals surface area contributed by atoms with Gasteiger partial charge in [0.15, 0.2) is 0 Å². The maximum atomic E-state index is 5.75. The molecule has 1 aliphatic carbocycles. The smallest absolute Gasteiger partial charge is 0.130 e. The maximum absolute atomic E-state index is 5.75. The average molecular weight is 212 g/mol. The lowest BCUT2D eigenvalue weighted by atomic mass is 9.96. The van der Waals surface area contributed by atoms with Crippen LogP contribution in [0.3, 0.4) is 0 Å². The molecule has 0 bridgehead atoms. The van der Waals surface area contributed by atoms with E-state index in [0.29, 0.717) is 0 Å². The van der Waals surface area contributed by atoms with Crippen LogP contribution in [0.5, 0.6) is 5.75 Å². The van der Waals surface area contributed by atoms with Crippen molar-refractivity contribution >= 4 is 12.2 Å². The fraction of sp³-hybridized carbons (Fsp3) is 0.333. The van der Waals surface area contributed by atoms with E-state index in [1.54, 1.807) is 0 Å². The molecule has 82 valence electrons. The van der Waals surface area contributed by atoms with Crippen LogP contribution in [0.15, 0.2) is 23.8 Å². The Labute approximate surface area is 96.4 Å². The topological polar surface area (TPSA) is 9.23 Å². The summed E-state index contributed by atoms with van der Waals surface area (Å²) in [4.78, 5) is 0.